The molecule has 0 amide bonds. The summed E-state index contributed by atoms with van der Waals surface area (Å²) in [6.07, 6.45) is 0. The van der Waals surface area contributed by atoms with Gasteiger partial charge < -0.3 is 80.8 Å². The molecule has 0 aliphatic carbocycles. The molecule has 120 valence electrons. The van der Waals surface area contributed by atoms with Gasteiger partial charge in [-0.15, -0.1) is 32.0 Å². The van der Waals surface area contributed by atoms with Crippen molar-refractivity contribution in [2.45, 2.75) is 0 Å². The minimum Gasteiger partial charge on any atom is -3.00 e. The van der Waals surface area contributed by atoms with Crippen molar-refractivity contribution in [1.29, 1.82) is 0 Å². The summed E-state index contributed by atoms with van der Waals surface area (Å²) in [6.45, 7) is 0. The van der Waals surface area contributed by atoms with Crippen LogP contribution in [0, 0.1) is 60.7 Å². The molecule has 18 nitrogen and oxygen atoms in total. The van der Waals surface area contributed by atoms with E-state index in [0.29, 0.717) is 0 Å². The summed E-state index contributed by atoms with van der Waals surface area (Å²) in [7, 11) is 0. The summed E-state index contributed by atoms with van der Waals surface area (Å²) in [4.78, 5) is 48.0. The maximum atomic E-state index is 8.00. The van der Waals surface area contributed by atoms with Gasteiger partial charge in [0.05, 0.1) is 0 Å². The monoisotopic (exact) mass is 586 g/mol. The Kier molecular flexibility index (Phi) is 515. The van der Waals surface area contributed by atoms with Crippen LogP contribution in [0.4, 0.5) is 0 Å². The molecule has 0 aromatic heterocycles. The van der Waals surface area contributed by atoms with Crippen molar-refractivity contribution in [1.82, 2.24) is 0 Å². The molecule has 0 bridgehead atoms. The summed E-state index contributed by atoms with van der Waals surface area (Å²) in [5.74, 6) is 0. The number of nitrogens with zero attached hydrogens (tertiary/aromatic N) is 6. The Balaban J connectivity index is -0.00000000947. The van der Waals surface area contributed by atoms with Crippen LogP contribution < -0.4 is 154 Å². The van der Waals surface area contributed by atoms with E-state index < -0.39 is 0 Å². The minimum absolute atomic E-state index is 0. The third-order valence-corrected chi connectivity index (χ3v) is 0. The predicted octanol–water partition coefficient (Wildman–Crippen LogP) is -7.49. The smallest absolute Gasteiger partial charge is 1.00 e. The predicted molar refractivity (Wildman–Crippen MR) is 55.0 cm³/mol. The summed E-state index contributed by atoms with van der Waals surface area (Å²) in [5.41, 5.74) is 0. The molecule has 0 atom stereocenters. The van der Waals surface area contributed by atoms with Crippen molar-refractivity contribution in [3.63, 3.8) is 0 Å². The second-order valence-corrected chi connectivity index (χ2v) is 0.447. The Labute approximate surface area is 260 Å². The fraction of sp³-hybridized carbons (Fsp3) is 0. The topological polar surface area (TPSA) is 315 Å². The standard InChI is InChI=1S/Ir.3K.6HNO2/c;;;;6*2-1-3/h;;;;6*(H,2,3)/q-3;3*+1;;;;;;/p-6. The van der Waals surface area contributed by atoms with Crippen molar-refractivity contribution in [2.75, 3.05) is 0 Å². The van der Waals surface area contributed by atoms with Crippen LogP contribution in [0.2, 0.25) is 0 Å². The first kappa shape index (κ1) is 64.8. The van der Waals surface area contributed by atoms with Gasteiger partial charge in [0.1, 0.15) is 0 Å². The molecular weight excluding hydrogens is 586 g/mol. The fourth-order valence-corrected chi connectivity index (χ4v) is 0. The van der Waals surface area contributed by atoms with Gasteiger partial charge in [0.2, 0.25) is 0 Å². The Morgan fingerprint density at radius 3 is 0.364 bits per heavy atom. The Morgan fingerprint density at radius 2 is 0.364 bits per heavy atom. The molecular formula is IrK3N6O12-6. The van der Waals surface area contributed by atoms with Crippen LogP contribution >= 0.6 is 0 Å². The van der Waals surface area contributed by atoms with E-state index >= 15 is 0 Å². The zero-order chi connectivity index (χ0) is 16.2. The zero-order valence-corrected chi connectivity index (χ0v) is 22.7. The van der Waals surface area contributed by atoms with Gasteiger partial charge in [-0.05, 0) is 0 Å². The van der Waals surface area contributed by atoms with Gasteiger partial charge in [0.15, 0.2) is 0 Å². The molecule has 0 aliphatic rings. The van der Waals surface area contributed by atoms with Crippen molar-refractivity contribution in [3.05, 3.63) is 60.7 Å². The van der Waals surface area contributed by atoms with E-state index in [9.17, 15) is 0 Å². The molecule has 0 aromatic rings. The summed E-state index contributed by atoms with van der Waals surface area (Å²) in [5, 5.41) is 54.0. The second kappa shape index (κ2) is 175. The molecule has 0 unspecified atom stereocenters. The van der Waals surface area contributed by atoms with E-state index in [0.717, 1.165) is 32.0 Å². The van der Waals surface area contributed by atoms with Gasteiger partial charge in [-0.1, -0.05) is 0 Å². The SMILES string of the molecule is O=N[O-].O=N[O-].O=N[O-].O=N[O-].O=N[O-].O=N[O-].[Ir-3].[K+].[K+].[K+]. The quantitative estimate of drug-likeness (QED) is 0.145. The van der Waals surface area contributed by atoms with Crippen LogP contribution in [0.5, 0.6) is 0 Å². The molecule has 0 N–H and O–H groups in total. The number of rotatable bonds is 0. The second-order valence-electron chi connectivity index (χ2n) is 0.447. The van der Waals surface area contributed by atoms with Crippen LogP contribution in [0.15, 0.2) is 32.0 Å². The first-order valence-corrected chi connectivity index (χ1v) is 2.19. The molecule has 22 heavy (non-hydrogen) atoms. The van der Waals surface area contributed by atoms with Crippen LogP contribution in [0.25, 0.3) is 0 Å². The molecule has 0 heterocycles. The van der Waals surface area contributed by atoms with Gasteiger partial charge in [0, 0.05) is 0 Å². The van der Waals surface area contributed by atoms with E-state index in [4.69, 9.17) is 60.7 Å². The van der Waals surface area contributed by atoms with Gasteiger partial charge >= 0.3 is 154 Å². The first-order chi connectivity index (χ1) is 8.49. The molecule has 22 heteroatoms. The number of hydrogen-bond donors (Lipinski definition) is 0. The van der Waals surface area contributed by atoms with E-state index in [1.165, 1.54) is 0 Å². The van der Waals surface area contributed by atoms with Crippen LogP contribution in [0.3, 0.4) is 0 Å². The normalized spacial score (nSPS) is 3.27. The van der Waals surface area contributed by atoms with E-state index in [-0.39, 0.29) is 174 Å². The average Bonchev–Trinajstić information content (AvgIpc) is 2.23. The molecule has 0 saturated carbocycles. The maximum Gasteiger partial charge on any atom is 1.00 e. The molecule has 0 aliphatic heterocycles. The van der Waals surface area contributed by atoms with Crippen molar-refractivity contribution < 1.29 is 174 Å². The maximum absolute atomic E-state index is 8.00. The van der Waals surface area contributed by atoms with Gasteiger partial charge in [-0.25, -0.2) is 0 Å². The molecule has 0 rings (SSSR count). The Hall–Kier alpha value is 1.96. The largest absolute Gasteiger partial charge is 3.00 e. The third-order valence-electron chi connectivity index (χ3n) is 0. The summed E-state index contributed by atoms with van der Waals surface area (Å²) in [6, 6.07) is 0. The van der Waals surface area contributed by atoms with Crippen LogP contribution in [-0.4, -0.2) is 0 Å². The van der Waals surface area contributed by atoms with Crippen molar-refractivity contribution in [2.24, 2.45) is 32.0 Å². The Morgan fingerprint density at radius 1 is 0.364 bits per heavy atom. The zero-order valence-electron chi connectivity index (χ0n) is 10.9. The molecule has 0 saturated heterocycles. The van der Waals surface area contributed by atoms with Crippen LogP contribution in [0.1, 0.15) is 0 Å². The van der Waals surface area contributed by atoms with Gasteiger partial charge in [-0.2, -0.15) is 0 Å². The van der Waals surface area contributed by atoms with E-state index in [1.807, 2.05) is 0 Å². The third kappa shape index (κ3) is 2510. The average molecular weight is 586 g/mol. The Bertz CT molecular complexity index is 126. The van der Waals surface area contributed by atoms with Crippen molar-refractivity contribution in [3.8, 4) is 0 Å². The summed E-state index contributed by atoms with van der Waals surface area (Å²) < 4.78 is 0. The van der Waals surface area contributed by atoms with Gasteiger partial charge in [-0.3, -0.25) is 0 Å². The molecule has 0 fully saturated rings. The molecule has 0 radical (unpaired) electrons. The van der Waals surface area contributed by atoms with Crippen molar-refractivity contribution >= 4 is 0 Å². The van der Waals surface area contributed by atoms with Gasteiger partial charge in [0.25, 0.3) is 0 Å². The van der Waals surface area contributed by atoms with E-state index in [1.54, 1.807) is 0 Å². The molecule has 0 spiro atoms. The first-order valence-electron chi connectivity index (χ1n) is 2.19. The molecule has 0 aromatic carbocycles. The van der Waals surface area contributed by atoms with E-state index in [2.05, 4.69) is 0 Å². The number of hydrogen-bond acceptors (Lipinski definition) is 18. The minimum atomic E-state index is 0. The van der Waals surface area contributed by atoms with Crippen LogP contribution in [-0.2, 0) is 20.1 Å². The fourth-order valence-electron chi connectivity index (χ4n) is 0. The summed E-state index contributed by atoms with van der Waals surface area (Å²) >= 11 is 0.